The van der Waals surface area contributed by atoms with Crippen LogP contribution in [0.15, 0.2) is 189 Å². The zero-order valence-electron chi connectivity index (χ0n) is 31.9. The van der Waals surface area contributed by atoms with Crippen LogP contribution in [0.1, 0.15) is 0 Å². The van der Waals surface area contributed by atoms with E-state index in [-0.39, 0.29) is 0 Å². The van der Waals surface area contributed by atoms with E-state index < -0.39 is 0 Å². The van der Waals surface area contributed by atoms with Gasteiger partial charge in [0.05, 0.1) is 21.9 Å². The molecule has 0 N–H and O–H groups in total. The monoisotopic (exact) mass is 763 g/mol. The van der Waals surface area contributed by atoms with E-state index in [2.05, 4.69) is 156 Å². The van der Waals surface area contributed by atoms with Gasteiger partial charge in [-0.2, -0.15) is 0 Å². The van der Waals surface area contributed by atoms with E-state index in [0.29, 0.717) is 0 Å². The first kappa shape index (κ1) is 31.0. The average Bonchev–Trinajstić information content (AvgIpc) is 4.10. The third kappa shape index (κ3) is 4.00. The number of furan rings is 3. The molecule has 5 aromatic heterocycles. The van der Waals surface area contributed by atoms with Crippen LogP contribution < -0.4 is 0 Å². The molecule has 0 radical (unpaired) electrons. The molecule has 15 rings (SSSR count). The molecule has 0 saturated carbocycles. The van der Waals surface area contributed by atoms with Gasteiger partial charge >= 0.3 is 0 Å². The number of fused-ring (bicyclic) bond motifs is 18. The fourth-order valence-electron chi connectivity index (χ4n) is 10.4. The van der Waals surface area contributed by atoms with E-state index in [0.717, 1.165) is 71.2 Å². The van der Waals surface area contributed by atoms with Gasteiger partial charge in [-0.3, -0.25) is 0 Å². The number of benzene rings is 10. The SMILES string of the molecule is c1ccc2c(c1)oc1ccc(-c3ccc4cc5c(cc4c3)c3cc4c6ccccc6oc4c4c6cc7cc(-c8ccc9oc%10ccccc%10c9c8)ccc7cc6n5c34)cc12. The van der Waals surface area contributed by atoms with Crippen LogP contribution in [0, 0.1) is 0 Å². The minimum Gasteiger partial charge on any atom is -0.456 e. The Morgan fingerprint density at radius 1 is 0.283 bits per heavy atom. The van der Waals surface area contributed by atoms with E-state index in [1.54, 1.807) is 0 Å². The number of hydrogen-bond donors (Lipinski definition) is 0. The molecule has 276 valence electrons. The molecular formula is C56H29NO3. The molecule has 10 aromatic carbocycles. The van der Waals surface area contributed by atoms with Crippen LogP contribution in [0.5, 0.6) is 0 Å². The fourth-order valence-corrected chi connectivity index (χ4v) is 10.4. The van der Waals surface area contributed by atoms with Crippen molar-refractivity contribution in [3.8, 4) is 22.3 Å². The predicted octanol–water partition coefficient (Wildman–Crippen LogP) is 16.2. The highest BCUT2D eigenvalue weighted by atomic mass is 16.3. The van der Waals surface area contributed by atoms with Crippen LogP contribution in [0.4, 0.5) is 0 Å². The molecule has 5 heterocycles. The number of para-hydroxylation sites is 3. The van der Waals surface area contributed by atoms with E-state index in [4.69, 9.17) is 13.3 Å². The second-order valence-corrected chi connectivity index (χ2v) is 16.4. The highest BCUT2D eigenvalue weighted by molar-refractivity contribution is 6.34. The first-order chi connectivity index (χ1) is 29.7. The quantitative estimate of drug-likeness (QED) is 0.176. The molecule has 60 heavy (non-hydrogen) atoms. The molecule has 0 bridgehead atoms. The van der Waals surface area contributed by atoms with Crippen LogP contribution in [0.25, 0.3) is 148 Å². The predicted molar refractivity (Wildman–Crippen MR) is 249 cm³/mol. The van der Waals surface area contributed by atoms with Gasteiger partial charge in [-0.05, 0) is 129 Å². The van der Waals surface area contributed by atoms with Gasteiger partial charge < -0.3 is 17.7 Å². The molecule has 4 heteroatoms. The largest absolute Gasteiger partial charge is 0.456 e. The van der Waals surface area contributed by atoms with E-state index in [1.165, 1.54) is 76.5 Å². The summed E-state index contributed by atoms with van der Waals surface area (Å²) < 4.78 is 21.6. The molecule has 0 unspecified atom stereocenters. The van der Waals surface area contributed by atoms with Crippen LogP contribution in [0.2, 0.25) is 0 Å². The minimum atomic E-state index is 0.906. The van der Waals surface area contributed by atoms with Crippen molar-refractivity contribution in [1.82, 2.24) is 4.40 Å². The lowest BCUT2D eigenvalue weighted by atomic mass is 9.97. The Bertz CT molecular complexity index is 4360. The molecule has 0 aliphatic carbocycles. The molecule has 4 nitrogen and oxygen atoms in total. The molecule has 0 aliphatic heterocycles. The lowest BCUT2D eigenvalue weighted by Gasteiger charge is -2.08. The topological polar surface area (TPSA) is 43.8 Å². The maximum atomic E-state index is 6.81. The molecule has 15 aromatic rings. The summed E-state index contributed by atoms with van der Waals surface area (Å²) in [4.78, 5) is 0. The van der Waals surface area contributed by atoms with Gasteiger partial charge in [0.1, 0.15) is 33.5 Å². The summed E-state index contributed by atoms with van der Waals surface area (Å²) in [5, 5.41) is 16.5. The van der Waals surface area contributed by atoms with E-state index in [9.17, 15) is 0 Å². The second-order valence-electron chi connectivity index (χ2n) is 16.4. The van der Waals surface area contributed by atoms with Crippen molar-refractivity contribution in [2.45, 2.75) is 0 Å². The summed E-state index contributed by atoms with van der Waals surface area (Å²) in [5.74, 6) is 0. The molecular weight excluding hydrogens is 735 g/mol. The summed E-state index contributed by atoms with van der Waals surface area (Å²) in [7, 11) is 0. The Kier molecular flexibility index (Phi) is 5.63. The van der Waals surface area contributed by atoms with Gasteiger partial charge in [-0.15, -0.1) is 0 Å². The summed E-state index contributed by atoms with van der Waals surface area (Å²) in [5.41, 5.74) is 13.8. The Balaban J connectivity index is 0.976. The van der Waals surface area contributed by atoms with Crippen molar-refractivity contribution in [2.24, 2.45) is 0 Å². The van der Waals surface area contributed by atoms with Gasteiger partial charge in [-0.25, -0.2) is 0 Å². The zero-order chi connectivity index (χ0) is 38.8. The van der Waals surface area contributed by atoms with Crippen molar-refractivity contribution in [1.29, 1.82) is 0 Å². The molecule has 0 fully saturated rings. The van der Waals surface area contributed by atoms with Gasteiger partial charge in [0.25, 0.3) is 0 Å². The lowest BCUT2D eigenvalue weighted by Crippen LogP contribution is -1.84. The van der Waals surface area contributed by atoms with Gasteiger partial charge in [0.15, 0.2) is 0 Å². The van der Waals surface area contributed by atoms with Gasteiger partial charge in [0, 0.05) is 48.5 Å². The van der Waals surface area contributed by atoms with E-state index in [1.807, 2.05) is 24.3 Å². The lowest BCUT2D eigenvalue weighted by molar-refractivity contribution is 0.668. The number of hydrogen-bond acceptors (Lipinski definition) is 3. The third-order valence-electron chi connectivity index (χ3n) is 13.2. The van der Waals surface area contributed by atoms with Crippen LogP contribution in [-0.4, -0.2) is 4.40 Å². The first-order valence-corrected chi connectivity index (χ1v) is 20.5. The molecule has 0 amide bonds. The van der Waals surface area contributed by atoms with Crippen molar-refractivity contribution < 1.29 is 13.3 Å². The number of aromatic nitrogens is 1. The molecule has 0 aliphatic rings. The second kappa shape index (κ2) is 10.9. The van der Waals surface area contributed by atoms with Crippen LogP contribution in [-0.2, 0) is 0 Å². The summed E-state index contributed by atoms with van der Waals surface area (Å²) in [6, 6.07) is 63.7. The molecule has 0 saturated heterocycles. The Morgan fingerprint density at radius 3 is 1.35 bits per heavy atom. The van der Waals surface area contributed by atoms with Crippen molar-refractivity contribution in [3.63, 3.8) is 0 Å². The van der Waals surface area contributed by atoms with Gasteiger partial charge in [0.2, 0.25) is 0 Å². The smallest absolute Gasteiger partial charge is 0.145 e. The molecule has 0 atom stereocenters. The van der Waals surface area contributed by atoms with Crippen LogP contribution >= 0.6 is 0 Å². The number of nitrogens with zero attached hydrogens (tertiary/aromatic N) is 1. The van der Waals surface area contributed by atoms with Gasteiger partial charge in [-0.1, -0.05) is 91.0 Å². The van der Waals surface area contributed by atoms with Crippen molar-refractivity contribution in [3.05, 3.63) is 176 Å². The highest BCUT2D eigenvalue weighted by Gasteiger charge is 2.24. The standard InChI is InChI=1S/C56H29NO3/c1-4-10-49-38(7-1)42-23-32(17-19-52(42)58-49)30-13-15-34-27-47-41(25-36(34)21-30)44-29-45-40-9-3-6-12-51(40)60-56(45)54-46-26-37-22-31(14-16-35(37)28-48(46)57(47)55(44)54)33-18-20-53-43(24-33)39-8-2-5-11-50(39)59-53/h1-29H. The normalized spacial score (nSPS) is 12.7. The summed E-state index contributed by atoms with van der Waals surface area (Å²) in [6.45, 7) is 0. The number of rotatable bonds is 2. The Hall–Kier alpha value is -8.08. The summed E-state index contributed by atoms with van der Waals surface area (Å²) >= 11 is 0. The third-order valence-corrected chi connectivity index (χ3v) is 13.2. The zero-order valence-corrected chi connectivity index (χ0v) is 31.9. The maximum Gasteiger partial charge on any atom is 0.145 e. The minimum absolute atomic E-state index is 0.906. The maximum absolute atomic E-state index is 6.81. The fraction of sp³-hybridized carbons (Fsp3) is 0. The Labute approximate surface area is 340 Å². The van der Waals surface area contributed by atoms with E-state index >= 15 is 0 Å². The van der Waals surface area contributed by atoms with Crippen molar-refractivity contribution >= 4 is 125 Å². The Morgan fingerprint density at radius 2 is 0.750 bits per heavy atom. The summed E-state index contributed by atoms with van der Waals surface area (Å²) in [6.07, 6.45) is 0. The van der Waals surface area contributed by atoms with Crippen LogP contribution in [0.3, 0.4) is 0 Å². The van der Waals surface area contributed by atoms with Crippen molar-refractivity contribution in [2.75, 3.05) is 0 Å². The average molecular weight is 764 g/mol. The highest BCUT2D eigenvalue weighted by Crippen LogP contribution is 2.47. The first-order valence-electron chi connectivity index (χ1n) is 20.5. The molecule has 0 spiro atoms.